The number of hydrogen-bond donors (Lipinski definition) is 0. The van der Waals surface area contributed by atoms with Gasteiger partial charge >= 0.3 is 0 Å². The SMILES string of the molecule is COc1ccc(-c2oc3cc(C)ccc3c2C(=O)c2ccc(OC=O)cc2)cc1. The zero-order chi connectivity index (χ0) is 20.4. The maximum Gasteiger partial charge on any atom is 0.298 e. The molecule has 1 heterocycles. The fourth-order valence-corrected chi connectivity index (χ4v) is 3.26. The van der Waals surface area contributed by atoms with Crippen molar-refractivity contribution in [3.05, 3.63) is 83.4 Å². The highest BCUT2D eigenvalue weighted by Crippen LogP contribution is 2.36. The molecule has 3 aromatic carbocycles. The number of carbonyl (C=O) groups excluding carboxylic acids is 2. The Morgan fingerprint density at radius 3 is 2.28 bits per heavy atom. The lowest BCUT2D eigenvalue weighted by Crippen LogP contribution is -2.02. The van der Waals surface area contributed by atoms with E-state index in [4.69, 9.17) is 13.9 Å². The number of fused-ring (bicyclic) bond motifs is 1. The van der Waals surface area contributed by atoms with Crippen LogP contribution in [0.4, 0.5) is 0 Å². The van der Waals surface area contributed by atoms with Gasteiger partial charge in [0, 0.05) is 16.5 Å². The third-order valence-electron chi connectivity index (χ3n) is 4.73. The van der Waals surface area contributed by atoms with Gasteiger partial charge in [0.2, 0.25) is 0 Å². The van der Waals surface area contributed by atoms with Crippen molar-refractivity contribution < 1.29 is 23.5 Å². The van der Waals surface area contributed by atoms with E-state index >= 15 is 0 Å². The maximum atomic E-state index is 13.4. The van der Waals surface area contributed by atoms with Crippen LogP contribution in [0.15, 0.2) is 71.1 Å². The molecular weight excluding hydrogens is 368 g/mol. The highest BCUT2D eigenvalue weighted by Gasteiger charge is 2.23. The van der Waals surface area contributed by atoms with Crippen LogP contribution in [0.25, 0.3) is 22.3 Å². The van der Waals surface area contributed by atoms with Crippen molar-refractivity contribution in [1.29, 1.82) is 0 Å². The molecule has 0 aliphatic heterocycles. The van der Waals surface area contributed by atoms with Crippen molar-refractivity contribution in [3.63, 3.8) is 0 Å². The van der Waals surface area contributed by atoms with Crippen molar-refractivity contribution in [2.75, 3.05) is 7.11 Å². The lowest BCUT2D eigenvalue weighted by atomic mass is 9.97. The number of hydrogen-bond acceptors (Lipinski definition) is 5. The number of carbonyl (C=O) groups is 2. The van der Waals surface area contributed by atoms with Crippen LogP contribution in [-0.4, -0.2) is 19.4 Å². The monoisotopic (exact) mass is 386 g/mol. The number of aryl methyl sites for hydroxylation is 1. The molecule has 0 radical (unpaired) electrons. The molecule has 0 spiro atoms. The summed E-state index contributed by atoms with van der Waals surface area (Å²) in [5.74, 6) is 1.43. The van der Waals surface area contributed by atoms with Gasteiger partial charge in [0.25, 0.3) is 6.47 Å². The fourth-order valence-electron chi connectivity index (χ4n) is 3.26. The molecule has 0 saturated heterocycles. The van der Waals surface area contributed by atoms with Gasteiger partial charge in [0.15, 0.2) is 5.78 Å². The first-order valence-corrected chi connectivity index (χ1v) is 9.03. The largest absolute Gasteiger partial charge is 0.497 e. The van der Waals surface area contributed by atoms with Crippen LogP contribution in [-0.2, 0) is 4.79 Å². The average Bonchev–Trinajstić information content (AvgIpc) is 3.12. The average molecular weight is 386 g/mol. The summed E-state index contributed by atoms with van der Waals surface area (Å²) >= 11 is 0. The quantitative estimate of drug-likeness (QED) is 0.337. The minimum atomic E-state index is -0.170. The van der Waals surface area contributed by atoms with Crippen LogP contribution >= 0.6 is 0 Å². The van der Waals surface area contributed by atoms with Crippen LogP contribution in [0.3, 0.4) is 0 Å². The maximum absolute atomic E-state index is 13.4. The second-order valence-corrected chi connectivity index (χ2v) is 6.60. The van der Waals surface area contributed by atoms with Gasteiger partial charge in [0.05, 0.1) is 12.7 Å². The van der Waals surface area contributed by atoms with Crippen LogP contribution in [0.5, 0.6) is 11.5 Å². The molecule has 0 N–H and O–H groups in total. The molecule has 5 nitrogen and oxygen atoms in total. The molecule has 4 aromatic rings. The van der Waals surface area contributed by atoms with E-state index in [-0.39, 0.29) is 5.78 Å². The van der Waals surface area contributed by atoms with Crippen molar-refractivity contribution >= 4 is 23.2 Å². The topological polar surface area (TPSA) is 65.7 Å². The van der Waals surface area contributed by atoms with Gasteiger partial charge in [-0.15, -0.1) is 0 Å². The molecule has 0 bridgehead atoms. The first-order valence-electron chi connectivity index (χ1n) is 9.03. The molecule has 0 saturated carbocycles. The summed E-state index contributed by atoms with van der Waals surface area (Å²) in [6.45, 7) is 2.33. The third kappa shape index (κ3) is 3.50. The van der Waals surface area contributed by atoms with Crippen LogP contribution in [0, 0.1) is 6.92 Å². The van der Waals surface area contributed by atoms with E-state index in [1.807, 2.05) is 49.4 Å². The van der Waals surface area contributed by atoms with E-state index in [1.165, 1.54) is 0 Å². The Morgan fingerprint density at radius 1 is 0.931 bits per heavy atom. The summed E-state index contributed by atoms with van der Waals surface area (Å²) in [6, 6.07) is 19.6. The van der Waals surface area contributed by atoms with Crippen molar-refractivity contribution in [2.45, 2.75) is 6.92 Å². The second-order valence-electron chi connectivity index (χ2n) is 6.60. The van der Waals surface area contributed by atoms with Crippen molar-refractivity contribution in [1.82, 2.24) is 0 Å². The van der Waals surface area contributed by atoms with Gasteiger partial charge < -0.3 is 13.9 Å². The second kappa shape index (κ2) is 7.64. The standard InChI is InChI=1S/C24H18O5/c1-15-3-12-20-21(13-15)29-24(17-6-8-18(27-2)9-7-17)22(20)23(26)16-4-10-19(11-5-16)28-14-25/h3-14H,1-2H3. The van der Waals surface area contributed by atoms with E-state index in [2.05, 4.69) is 0 Å². The molecule has 5 heteroatoms. The molecule has 1 aromatic heterocycles. The Kier molecular flexibility index (Phi) is 4.87. The van der Waals surface area contributed by atoms with Gasteiger partial charge in [-0.3, -0.25) is 9.59 Å². The Balaban J connectivity index is 1.86. The predicted octanol–water partition coefficient (Wildman–Crippen LogP) is 5.18. The predicted molar refractivity (Wildman–Crippen MR) is 110 cm³/mol. The molecule has 0 fully saturated rings. The normalized spacial score (nSPS) is 10.7. The number of furan rings is 1. The molecule has 4 rings (SSSR count). The Labute approximate surface area is 167 Å². The number of methoxy groups -OCH3 is 1. The van der Waals surface area contributed by atoms with E-state index in [0.717, 1.165) is 22.3 Å². The fraction of sp³-hybridized carbons (Fsp3) is 0.0833. The zero-order valence-corrected chi connectivity index (χ0v) is 16.0. The van der Waals surface area contributed by atoms with E-state index < -0.39 is 0 Å². The third-order valence-corrected chi connectivity index (χ3v) is 4.73. The Morgan fingerprint density at radius 2 is 1.62 bits per heavy atom. The smallest absolute Gasteiger partial charge is 0.298 e. The highest BCUT2D eigenvalue weighted by atomic mass is 16.5. The van der Waals surface area contributed by atoms with Gasteiger partial charge in [-0.1, -0.05) is 12.1 Å². The summed E-state index contributed by atoms with van der Waals surface area (Å²) in [4.78, 5) is 23.9. The summed E-state index contributed by atoms with van der Waals surface area (Å²) in [6.07, 6.45) is 0. The van der Waals surface area contributed by atoms with Crippen LogP contribution in [0.2, 0.25) is 0 Å². The van der Waals surface area contributed by atoms with E-state index in [0.29, 0.717) is 34.7 Å². The molecular formula is C24H18O5. The number of benzene rings is 3. The number of rotatable bonds is 6. The van der Waals surface area contributed by atoms with Crippen molar-refractivity contribution in [2.24, 2.45) is 0 Å². The van der Waals surface area contributed by atoms with Crippen molar-refractivity contribution in [3.8, 4) is 22.8 Å². The summed E-state index contributed by atoms with van der Waals surface area (Å²) in [5.41, 5.74) is 3.45. The van der Waals surface area contributed by atoms with E-state index in [1.54, 1.807) is 31.4 Å². The van der Waals surface area contributed by atoms with Gasteiger partial charge in [-0.05, 0) is 67.1 Å². The lowest BCUT2D eigenvalue weighted by Gasteiger charge is -2.05. The van der Waals surface area contributed by atoms with E-state index in [9.17, 15) is 9.59 Å². The van der Waals surface area contributed by atoms with Crippen LogP contribution in [0.1, 0.15) is 21.5 Å². The lowest BCUT2D eigenvalue weighted by molar-refractivity contribution is -0.120. The highest BCUT2D eigenvalue weighted by molar-refractivity contribution is 6.19. The number of ether oxygens (including phenoxy) is 2. The first-order chi connectivity index (χ1) is 14.1. The first kappa shape index (κ1) is 18.5. The summed E-state index contributed by atoms with van der Waals surface area (Å²) in [5, 5.41) is 0.750. The minimum Gasteiger partial charge on any atom is -0.497 e. The summed E-state index contributed by atoms with van der Waals surface area (Å²) < 4.78 is 16.1. The molecule has 0 atom stereocenters. The molecule has 0 aliphatic rings. The number of ketones is 1. The zero-order valence-electron chi connectivity index (χ0n) is 16.0. The Hall–Kier alpha value is -3.86. The molecule has 0 unspecified atom stereocenters. The van der Waals surface area contributed by atoms with Gasteiger partial charge in [-0.2, -0.15) is 0 Å². The Bertz CT molecular complexity index is 1180. The van der Waals surface area contributed by atoms with Gasteiger partial charge in [0.1, 0.15) is 22.8 Å². The molecule has 0 amide bonds. The van der Waals surface area contributed by atoms with Crippen LogP contribution < -0.4 is 9.47 Å². The van der Waals surface area contributed by atoms with Gasteiger partial charge in [-0.25, -0.2) is 0 Å². The molecule has 29 heavy (non-hydrogen) atoms. The summed E-state index contributed by atoms with van der Waals surface area (Å²) in [7, 11) is 1.60. The minimum absolute atomic E-state index is 0.170. The molecule has 144 valence electrons. The molecule has 0 aliphatic carbocycles.